The van der Waals surface area contributed by atoms with Gasteiger partial charge < -0.3 is 25.1 Å². The fourth-order valence-electron chi connectivity index (χ4n) is 0.927. The first kappa shape index (κ1) is 30.6. The van der Waals surface area contributed by atoms with Gasteiger partial charge in [-0.1, -0.05) is 31.4 Å². The van der Waals surface area contributed by atoms with Gasteiger partial charge in [0.05, 0.1) is 19.8 Å². The topological polar surface area (TPSA) is 109 Å². The minimum absolute atomic E-state index is 0. The molecule has 23 heavy (non-hydrogen) atoms. The van der Waals surface area contributed by atoms with Gasteiger partial charge >= 0.3 is 0 Å². The number of nitrogens with one attached hydrogen (secondary N) is 1. The molecule has 8 heteroatoms. The minimum atomic E-state index is 0. The summed E-state index contributed by atoms with van der Waals surface area (Å²) >= 11 is 0. The van der Waals surface area contributed by atoms with E-state index in [1.807, 2.05) is 0 Å². The van der Waals surface area contributed by atoms with E-state index in [0.717, 1.165) is 19.0 Å². The summed E-state index contributed by atoms with van der Waals surface area (Å²) in [5.74, 6) is 0. The molecule has 0 atom stereocenters. The van der Waals surface area contributed by atoms with Gasteiger partial charge in [0.2, 0.25) is 0 Å². The monoisotopic (exact) mass is 407 g/mol. The first-order valence-electron chi connectivity index (χ1n) is 6.65. The zero-order valence-electron chi connectivity index (χ0n) is 13.8. The Morgan fingerprint density at radius 2 is 1.70 bits per heavy atom. The number of allylic oxidation sites excluding steroid dienone is 2. The summed E-state index contributed by atoms with van der Waals surface area (Å²) in [6.07, 6.45) is 6.18. The molecule has 0 saturated heterocycles. The third kappa shape index (κ3) is 34.2. The second-order valence-electron chi connectivity index (χ2n) is 3.38. The molecule has 0 aromatic carbocycles. The number of rotatable bonds is 12. The third-order valence-corrected chi connectivity index (χ3v) is 1.82. The Kier molecular flexibility index (Phi) is 44.4. The Hall–Kier alpha value is -0.246. The van der Waals surface area contributed by atoms with Crippen LogP contribution in [0, 0.1) is 0 Å². The molecule has 0 heterocycles. The van der Waals surface area contributed by atoms with Gasteiger partial charge in [-0.05, 0) is 5.57 Å². The van der Waals surface area contributed by atoms with Crippen molar-refractivity contribution in [3.63, 3.8) is 0 Å². The molecule has 0 saturated carbocycles. The van der Waals surface area contributed by atoms with Crippen LogP contribution in [-0.2, 0) is 51.9 Å². The maximum Gasteiger partial charge on any atom is 0.122 e. The van der Waals surface area contributed by atoms with Crippen molar-refractivity contribution in [2.24, 2.45) is 0 Å². The van der Waals surface area contributed by atoms with Crippen LogP contribution in [-0.4, -0.2) is 63.3 Å². The molecular formula is C15H28NO6Y-. The van der Waals surface area contributed by atoms with Crippen molar-refractivity contribution in [3.05, 3.63) is 42.7 Å². The number of aldehydes is 1. The molecule has 1 radical (unpaired) electrons. The first-order valence-corrected chi connectivity index (χ1v) is 6.65. The van der Waals surface area contributed by atoms with Gasteiger partial charge in [-0.25, -0.2) is 4.89 Å². The summed E-state index contributed by atoms with van der Waals surface area (Å²) in [4.78, 5) is 13.7. The zero-order valence-corrected chi connectivity index (χ0v) is 16.6. The van der Waals surface area contributed by atoms with Gasteiger partial charge in [-0.15, -0.1) is 6.54 Å². The fourth-order valence-corrected chi connectivity index (χ4v) is 0.927. The molecule has 0 aliphatic heterocycles. The van der Waals surface area contributed by atoms with Crippen LogP contribution in [0.1, 0.15) is 6.42 Å². The molecular weight excluding hydrogens is 379 g/mol. The van der Waals surface area contributed by atoms with Crippen LogP contribution in [0.3, 0.4) is 0 Å². The minimum Gasteiger partial charge on any atom is -0.676 e. The van der Waals surface area contributed by atoms with E-state index in [2.05, 4.69) is 18.0 Å². The predicted octanol–water partition coefficient (Wildman–Crippen LogP) is 2.04. The van der Waals surface area contributed by atoms with E-state index in [1.54, 1.807) is 18.2 Å². The molecule has 0 fully saturated rings. The molecule has 0 aromatic rings. The number of hydrogen-bond acceptors (Lipinski definition) is 6. The molecule has 7 nitrogen and oxygen atoms in total. The van der Waals surface area contributed by atoms with Gasteiger partial charge in [-0.3, -0.25) is 5.26 Å². The third-order valence-electron chi connectivity index (χ3n) is 1.82. The van der Waals surface area contributed by atoms with E-state index in [0.29, 0.717) is 32.8 Å². The van der Waals surface area contributed by atoms with Crippen molar-refractivity contribution in [2.45, 2.75) is 6.42 Å². The van der Waals surface area contributed by atoms with Crippen LogP contribution in [0.15, 0.2) is 37.0 Å². The molecule has 0 aliphatic carbocycles. The van der Waals surface area contributed by atoms with Crippen molar-refractivity contribution in [2.75, 3.05) is 46.7 Å². The van der Waals surface area contributed by atoms with Gasteiger partial charge in [0.1, 0.15) is 12.9 Å². The average molecular weight is 407 g/mol. The number of aliphatic hydroxyl groups excluding tert-OH is 1. The quantitative estimate of drug-likeness (QED) is 0.169. The molecule has 0 rings (SSSR count). The molecule has 0 unspecified atom stereocenters. The van der Waals surface area contributed by atoms with Gasteiger partial charge in [0.25, 0.3) is 0 Å². The number of carbonyl (C=O) groups is 1. The first-order chi connectivity index (χ1) is 10.8. The standard InChI is InChI=1S/C7H14NO3.C7H10O2.CH4O.Y/c8-2-5-11-7-6-10-4-1-3-9;1-3-5-7(4-2)6-9-8;1-2;/h3,8H,1-2,4-7H2;3-5,8H,1-2,6H2;2H,1H3;/q-1;;;/b;7-5+;;. The van der Waals surface area contributed by atoms with E-state index in [4.69, 9.17) is 25.6 Å². The maximum absolute atomic E-state index is 9.80. The molecule has 0 amide bonds. The number of carbonyl (C=O) groups excluding carboxylic acids is 1. The summed E-state index contributed by atoms with van der Waals surface area (Å²) in [6.45, 7) is 9.35. The summed E-state index contributed by atoms with van der Waals surface area (Å²) < 4.78 is 9.97. The molecule has 0 bridgehead atoms. The van der Waals surface area contributed by atoms with Crippen LogP contribution in [0.5, 0.6) is 0 Å². The SMILES string of the molecule is C=C/C=C(\C=C)COO.CO.[NH-]CCOCCOCCC=O.[Y]. The zero-order chi connectivity index (χ0) is 17.5. The Morgan fingerprint density at radius 1 is 1.13 bits per heavy atom. The van der Waals surface area contributed by atoms with E-state index in [9.17, 15) is 4.79 Å². The Morgan fingerprint density at radius 3 is 2.09 bits per heavy atom. The van der Waals surface area contributed by atoms with Crippen LogP contribution in [0.4, 0.5) is 0 Å². The molecule has 0 spiro atoms. The normalized spacial score (nSPS) is 9.30. The fraction of sp³-hybridized carbons (Fsp3) is 0.533. The smallest absolute Gasteiger partial charge is 0.122 e. The van der Waals surface area contributed by atoms with Gasteiger partial charge in [0.15, 0.2) is 0 Å². The van der Waals surface area contributed by atoms with Crippen LogP contribution >= 0.6 is 0 Å². The van der Waals surface area contributed by atoms with Crippen molar-refractivity contribution in [3.8, 4) is 0 Å². The van der Waals surface area contributed by atoms with E-state index in [1.165, 1.54) is 0 Å². The summed E-state index contributed by atoms with van der Waals surface area (Å²) in [6, 6.07) is 0. The Balaban J connectivity index is -0.000000138. The predicted molar refractivity (Wildman–Crippen MR) is 86.7 cm³/mol. The van der Waals surface area contributed by atoms with Crippen molar-refractivity contribution >= 4 is 6.29 Å². The maximum atomic E-state index is 9.80. The number of hydrogen-bond donors (Lipinski definition) is 2. The van der Waals surface area contributed by atoms with E-state index in [-0.39, 0.29) is 45.9 Å². The molecule has 0 aliphatic rings. The molecule has 0 aromatic heterocycles. The summed E-state index contributed by atoms with van der Waals surface area (Å²) in [5.41, 5.74) is 7.54. The largest absolute Gasteiger partial charge is 0.676 e. The van der Waals surface area contributed by atoms with Crippen molar-refractivity contribution in [1.29, 1.82) is 0 Å². The number of ether oxygens (including phenoxy) is 2. The molecule has 133 valence electrons. The Bertz CT molecular complexity index is 275. The second-order valence-corrected chi connectivity index (χ2v) is 3.38. The number of aliphatic hydroxyl groups is 1. The van der Waals surface area contributed by atoms with Crippen molar-refractivity contribution in [1.82, 2.24) is 0 Å². The average Bonchev–Trinajstić information content (AvgIpc) is 2.56. The van der Waals surface area contributed by atoms with Gasteiger partial charge in [0, 0.05) is 52.8 Å². The van der Waals surface area contributed by atoms with E-state index >= 15 is 0 Å². The summed E-state index contributed by atoms with van der Waals surface area (Å²) in [7, 11) is 1.00. The Labute approximate surface area is 164 Å². The second kappa shape index (κ2) is 33.4. The van der Waals surface area contributed by atoms with Crippen LogP contribution in [0.25, 0.3) is 5.73 Å². The summed E-state index contributed by atoms with van der Waals surface area (Å²) in [5, 5.41) is 15.0. The van der Waals surface area contributed by atoms with Crippen molar-refractivity contribution < 1.29 is 62.2 Å². The van der Waals surface area contributed by atoms with Gasteiger partial charge in [-0.2, -0.15) is 0 Å². The van der Waals surface area contributed by atoms with E-state index < -0.39 is 0 Å². The van der Waals surface area contributed by atoms with Crippen LogP contribution < -0.4 is 0 Å². The van der Waals surface area contributed by atoms with Crippen LogP contribution in [0.2, 0.25) is 0 Å². The molecule has 3 N–H and O–H groups in total.